The molecular formula is C19H28N2O4S. The quantitative estimate of drug-likeness (QED) is 0.804. The molecule has 2 aliphatic heterocycles. The normalized spacial score (nSPS) is 22.6. The highest BCUT2D eigenvalue weighted by atomic mass is 32.2. The Hall–Kier alpha value is -1.44. The van der Waals surface area contributed by atoms with Crippen LogP contribution < -0.4 is 0 Å². The highest BCUT2D eigenvalue weighted by Crippen LogP contribution is 2.25. The fourth-order valence-electron chi connectivity index (χ4n) is 3.40. The summed E-state index contributed by atoms with van der Waals surface area (Å²) < 4.78 is 32.7. The topological polar surface area (TPSA) is 66.9 Å². The number of hydrogen-bond donors (Lipinski definition) is 0. The molecule has 1 amide bonds. The van der Waals surface area contributed by atoms with Crippen LogP contribution in [0.25, 0.3) is 0 Å². The summed E-state index contributed by atoms with van der Waals surface area (Å²) in [6.45, 7) is 8.40. The van der Waals surface area contributed by atoms with E-state index in [0.29, 0.717) is 37.7 Å². The van der Waals surface area contributed by atoms with Crippen LogP contribution in [0.5, 0.6) is 0 Å². The van der Waals surface area contributed by atoms with Crippen LogP contribution in [0.4, 0.5) is 0 Å². The smallest absolute Gasteiger partial charge is 0.251 e. The first-order chi connectivity index (χ1) is 12.2. The fourth-order valence-corrected chi connectivity index (χ4v) is 4.82. The van der Waals surface area contributed by atoms with Gasteiger partial charge in [0.05, 0.1) is 4.90 Å². The lowest BCUT2D eigenvalue weighted by Gasteiger charge is -2.35. The molecule has 1 atom stereocenters. The number of benzene rings is 1. The summed E-state index contributed by atoms with van der Waals surface area (Å²) in [5.41, 5.74) is 1.08. The van der Waals surface area contributed by atoms with E-state index < -0.39 is 10.0 Å². The maximum atomic E-state index is 12.9. The average Bonchev–Trinajstić information content (AvgIpc) is 3.15. The molecule has 6 nitrogen and oxygen atoms in total. The van der Waals surface area contributed by atoms with Crippen LogP contribution in [-0.4, -0.2) is 62.4 Å². The van der Waals surface area contributed by atoms with Crippen molar-refractivity contribution in [3.05, 3.63) is 29.8 Å². The van der Waals surface area contributed by atoms with E-state index in [4.69, 9.17) is 4.74 Å². The summed E-state index contributed by atoms with van der Waals surface area (Å²) in [5.74, 6) is -0.00548. The number of sulfonamides is 1. The molecule has 0 aromatic heterocycles. The van der Waals surface area contributed by atoms with Crippen molar-refractivity contribution in [2.24, 2.45) is 0 Å². The Labute approximate surface area is 156 Å². The van der Waals surface area contributed by atoms with Crippen molar-refractivity contribution in [1.82, 2.24) is 9.21 Å². The van der Waals surface area contributed by atoms with Gasteiger partial charge in [-0.2, -0.15) is 4.31 Å². The minimum absolute atomic E-state index is 0.00548. The zero-order valence-corrected chi connectivity index (χ0v) is 16.6. The summed E-state index contributed by atoms with van der Waals surface area (Å²) in [4.78, 5) is 14.4. The molecule has 3 rings (SSSR count). The summed E-state index contributed by atoms with van der Waals surface area (Å²) in [6, 6.07) is 7.12. The van der Waals surface area contributed by atoms with Crippen LogP contribution >= 0.6 is 0 Å². The zero-order valence-electron chi connectivity index (χ0n) is 15.8. The third kappa shape index (κ3) is 3.94. The molecular weight excluding hydrogens is 352 g/mol. The van der Waals surface area contributed by atoms with Crippen molar-refractivity contribution in [1.29, 1.82) is 0 Å². The summed E-state index contributed by atoms with van der Waals surface area (Å²) in [6.07, 6.45) is 1.33. The maximum absolute atomic E-state index is 12.9. The van der Waals surface area contributed by atoms with Crippen LogP contribution in [0.1, 0.15) is 39.2 Å². The molecule has 0 saturated carbocycles. The van der Waals surface area contributed by atoms with Crippen molar-refractivity contribution in [3.63, 3.8) is 0 Å². The molecule has 144 valence electrons. The van der Waals surface area contributed by atoms with Gasteiger partial charge in [-0.25, -0.2) is 8.42 Å². The minimum atomic E-state index is -3.53. The van der Waals surface area contributed by atoms with Gasteiger partial charge in [-0.05, 0) is 36.0 Å². The van der Waals surface area contributed by atoms with Gasteiger partial charge in [-0.1, -0.05) is 32.9 Å². The van der Waals surface area contributed by atoms with Gasteiger partial charge in [0.25, 0.3) is 5.91 Å². The number of carbonyl (C=O) groups is 1. The van der Waals surface area contributed by atoms with E-state index in [0.717, 1.165) is 18.4 Å². The van der Waals surface area contributed by atoms with E-state index in [1.807, 2.05) is 12.1 Å². The highest BCUT2D eigenvalue weighted by molar-refractivity contribution is 7.89. The second-order valence-corrected chi connectivity index (χ2v) is 9.94. The number of piperazine rings is 1. The molecule has 0 spiro atoms. The van der Waals surface area contributed by atoms with E-state index in [2.05, 4.69) is 20.8 Å². The fraction of sp³-hybridized carbons (Fsp3) is 0.632. The Morgan fingerprint density at radius 2 is 1.69 bits per heavy atom. The van der Waals surface area contributed by atoms with Gasteiger partial charge in [0.1, 0.15) is 6.10 Å². The molecule has 1 unspecified atom stereocenters. The van der Waals surface area contributed by atoms with Gasteiger partial charge in [-0.15, -0.1) is 0 Å². The first-order valence-corrected chi connectivity index (χ1v) is 10.6. The first kappa shape index (κ1) is 19.3. The van der Waals surface area contributed by atoms with Crippen molar-refractivity contribution >= 4 is 15.9 Å². The van der Waals surface area contributed by atoms with E-state index in [-0.39, 0.29) is 17.4 Å². The molecule has 0 radical (unpaired) electrons. The Balaban J connectivity index is 1.65. The Kier molecular flexibility index (Phi) is 5.42. The molecule has 2 saturated heterocycles. The van der Waals surface area contributed by atoms with E-state index in [9.17, 15) is 13.2 Å². The zero-order chi connectivity index (χ0) is 18.9. The van der Waals surface area contributed by atoms with Crippen LogP contribution in [0.15, 0.2) is 29.2 Å². The van der Waals surface area contributed by atoms with Crippen LogP contribution in [0.3, 0.4) is 0 Å². The summed E-state index contributed by atoms with van der Waals surface area (Å²) in [5, 5.41) is 0. The monoisotopic (exact) mass is 380 g/mol. The molecule has 1 aromatic rings. The van der Waals surface area contributed by atoms with Gasteiger partial charge in [0, 0.05) is 32.8 Å². The molecule has 7 heteroatoms. The highest BCUT2D eigenvalue weighted by Gasteiger charge is 2.34. The number of carbonyl (C=O) groups excluding carboxylic acids is 1. The van der Waals surface area contributed by atoms with Gasteiger partial charge in [-0.3, -0.25) is 4.79 Å². The van der Waals surface area contributed by atoms with Gasteiger partial charge in [0.2, 0.25) is 10.0 Å². The molecule has 1 aromatic carbocycles. The second kappa shape index (κ2) is 7.29. The Morgan fingerprint density at radius 3 is 2.19 bits per heavy atom. The van der Waals surface area contributed by atoms with Gasteiger partial charge in [0.15, 0.2) is 0 Å². The number of hydrogen-bond acceptors (Lipinski definition) is 4. The van der Waals surface area contributed by atoms with Crippen molar-refractivity contribution in [2.75, 3.05) is 32.8 Å². The SMILES string of the molecule is CC(C)(C)c1ccc(S(=O)(=O)N2CCN(C(=O)C3CCCO3)CC2)cc1. The molecule has 0 aliphatic carbocycles. The molecule has 2 heterocycles. The second-order valence-electron chi connectivity index (χ2n) is 8.01. The van der Waals surface area contributed by atoms with Crippen molar-refractivity contribution < 1.29 is 17.9 Å². The van der Waals surface area contributed by atoms with Crippen molar-refractivity contribution in [2.45, 2.75) is 50.0 Å². The lowest BCUT2D eigenvalue weighted by molar-refractivity contribution is -0.142. The predicted octanol–water partition coefficient (Wildman–Crippen LogP) is 2.00. The number of amides is 1. The third-order valence-electron chi connectivity index (χ3n) is 5.11. The predicted molar refractivity (Wildman–Crippen MR) is 99.5 cm³/mol. The summed E-state index contributed by atoms with van der Waals surface area (Å²) in [7, 11) is -3.53. The number of rotatable bonds is 3. The van der Waals surface area contributed by atoms with Crippen LogP contribution in [0.2, 0.25) is 0 Å². The van der Waals surface area contributed by atoms with Crippen LogP contribution in [-0.2, 0) is 25.0 Å². The average molecular weight is 381 g/mol. The molecule has 2 fully saturated rings. The first-order valence-electron chi connectivity index (χ1n) is 9.21. The largest absolute Gasteiger partial charge is 0.368 e. The molecule has 26 heavy (non-hydrogen) atoms. The third-order valence-corrected chi connectivity index (χ3v) is 7.03. The number of ether oxygens (including phenoxy) is 1. The van der Waals surface area contributed by atoms with E-state index in [1.54, 1.807) is 17.0 Å². The summed E-state index contributed by atoms with van der Waals surface area (Å²) >= 11 is 0. The molecule has 0 N–H and O–H groups in total. The van der Waals surface area contributed by atoms with Gasteiger partial charge >= 0.3 is 0 Å². The Bertz CT molecular complexity index is 739. The van der Waals surface area contributed by atoms with E-state index >= 15 is 0 Å². The van der Waals surface area contributed by atoms with E-state index in [1.165, 1.54) is 4.31 Å². The molecule has 0 bridgehead atoms. The number of nitrogens with zero attached hydrogens (tertiary/aromatic N) is 2. The van der Waals surface area contributed by atoms with Crippen molar-refractivity contribution in [3.8, 4) is 0 Å². The standard InChI is InChI=1S/C19H28N2O4S/c1-19(2,3)15-6-8-16(9-7-15)26(23,24)21-12-10-20(11-13-21)18(22)17-5-4-14-25-17/h6-9,17H,4-5,10-14H2,1-3H3. The van der Waals surface area contributed by atoms with Crippen LogP contribution in [0, 0.1) is 0 Å². The Morgan fingerprint density at radius 1 is 1.08 bits per heavy atom. The molecule has 2 aliphatic rings. The lowest BCUT2D eigenvalue weighted by atomic mass is 9.87. The maximum Gasteiger partial charge on any atom is 0.251 e. The minimum Gasteiger partial charge on any atom is -0.368 e. The van der Waals surface area contributed by atoms with Gasteiger partial charge < -0.3 is 9.64 Å². The lowest BCUT2D eigenvalue weighted by Crippen LogP contribution is -2.52.